The van der Waals surface area contributed by atoms with Gasteiger partial charge in [-0.1, -0.05) is 40.0 Å². The zero-order valence-electron chi connectivity index (χ0n) is 24.6. The Labute approximate surface area is 240 Å². The third-order valence-corrected chi connectivity index (χ3v) is 8.74. The van der Waals surface area contributed by atoms with Gasteiger partial charge in [-0.3, -0.25) is 0 Å². The number of oxazole rings is 1. The number of nitrogens with zero attached hydrogens (tertiary/aromatic N) is 3. The molecule has 1 atom stereocenters. The zero-order chi connectivity index (χ0) is 30.6. The van der Waals surface area contributed by atoms with E-state index in [0.717, 1.165) is 43.0 Å². The number of benzene rings is 1. The molecule has 4 aromatic rings. The van der Waals surface area contributed by atoms with Crippen molar-refractivity contribution in [3.05, 3.63) is 80.6 Å². The van der Waals surface area contributed by atoms with Gasteiger partial charge in [-0.05, 0) is 30.9 Å². The van der Waals surface area contributed by atoms with Crippen LogP contribution < -0.4 is 20.3 Å². The van der Waals surface area contributed by atoms with Crippen LogP contribution in [0.5, 0.6) is 0 Å². The summed E-state index contributed by atoms with van der Waals surface area (Å²) in [4.78, 5) is 13.1. The first-order valence-corrected chi connectivity index (χ1v) is 14.6. The summed E-state index contributed by atoms with van der Waals surface area (Å²) in [5.41, 5.74) is -1.55. The zero-order valence-corrected chi connectivity index (χ0v) is 24.6. The van der Waals surface area contributed by atoms with E-state index < -0.39 is 34.5 Å². The van der Waals surface area contributed by atoms with E-state index in [0.29, 0.717) is 25.7 Å². The Morgan fingerprint density at radius 2 is 1.79 bits per heavy atom. The molecule has 0 aliphatic carbocycles. The second kappa shape index (κ2) is 10.9. The Bertz CT molecular complexity index is 1790. The van der Waals surface area contributed by atoms with E-state index in [-0.39, 0.29) is 33.6 Å². The van der Waals surface area contributed by atoms with Gasteiger partial charge in [0.2, 0.25) is 11.2 Å². The highest BCUT2D eigenvalue weighted by atomic mass is 19.4. The molecule has 10 heteroatoms. The standard InChI is InChI=1S/C32H36F5N3O2/c1-6-9-10-11-12-20-13-15-40-23(16-20)24-21(17-22(33)26(27(24)34)32(35,36)37)25(31(40,8-3)14-7-2)29-39-18-19(4)38(5)28(39)30(41)42-29/h13,15-18H,6-12,14H2,1-5H3/q+2. The molecule has 4 heterocycles. The Morgan fingerprint density at radius 3 is 2.43 bits per heavy atom. The number of rotatable bonds is 8. The highest BCUT2D eigenvalue weighted by Crippen LogP contribution is 2.48. The summed E-state index contributed by atoms with van der Waals surface area (Å²) in [5, 5.41) is 0. The first-order valence-electron chi connectivity index (χ1n) is 14.6. The van der Waals surface area contributed by atoms with Crippen LogP contribution in [0.3, 0.4) is 0 Å². The molecule has 0 saturated carbocycles. The summed E-state index contributed by atoms with van der Waals surface area (Å²) in [7, 11) is 1.70. The van der Waals surface area contributed by atoms with Crippen LogP contribution in [0.4, 0.5) is 22.0 Å². The van der Waals surface area contributed by atoms with Gasteiger partial charge in [-0.25, -0.2) is 18.1 Å². The normalized spacial score (nSPS) is 18.0. The fourth-order valence-corrected chi connectivity index (χ4v) is 6.62. The van der Waals surface area contributed by atoms with Gasteiger partial charge in [0.25, 0.3) is 0 Å². The van der Waals surface area contributed by atoms with E-state index in [4.69, 9.17) is 4.42 Å². The Hall–Kier alpha value is -3.56. The molecule has 0 N–H and O–H groups in total. The fourth-order valence-electron chi connectivity index (χ4n) is 6.62. The minimum Gasteiger partial charge on any atom is -0.379 e. The quantitative estimate of drug-likeness (QED) is 0.139. The van der Waals surface area contributed by atoms with Crippen LogP contribution in [-0.2, 0) is 25.2 Å². The molecule has 224 valence electrons. The number of alkyl halides is 3. The van der Waals surface area contributed by atoms with Crippen LogP contribution in [0.2, 0.25) is 0 Å². The van der Waals surface area contributed by atoms with Crippen molar-refractivity contribution >= 4 is 11.2 Å². The molecule has 0 spiro atoms. The van der Waals surface area contributed by atoms with E-state index in [9.17, 15) is 18.0 Å². The molecule has 0 radical (unpaired) electrons. The van der Waals surface area contributed by atoms with Crippen molar-refractivity contribution in [3.63, 3.8) is 0 Å². The maximum atomic E-state index is 16.2. The van der Waals surface area contributed by atoms with Crippen LogP contribution in [0.1, 0.15) is 88.1 Å². The van der Waals surface area contributed by atoms with Gasteiger partial charge in [0.15, 0.2) is 12.0 Å². The second-order valence-electron chi connectivity index (χ2n) is 11.3. The van der Waals surface area contributed by atoms with E-state index in [2.05, 4.69) is 6.92 Å². The molecule has 42 heavy (non-hydrogen) atoms. The first kappa shape index (κ1) is 29.9. The number of fused-ring (bicyclic) bond motifs is 4. The van der Waals surface area contributed by atoms with Crippen LogP contribution in [0, 0.1) is 18.6 Å². The lowest BCUT2D eigenvalue weighted by molar-refractivity contribution is -0.742. The van der Waals surface area contributed by atoms with Crippen LogP contribution in [-0.4, -0.2) is 4.40 Å². The summed E-state index contributed by atoms with van der Waals surface area (Å²) in [6.45, 7) is 7.80. The monoisotopic (exact) mass is 589 g/mol. The Kier molecular flexibility index (Phi) is 7.79. The third kappa shape index (κ3) is 4.54. The maximum Gasteiger partial charge on any atom is 0.430 e. The second-order valence-corrected chi connectivity index (χ2v) is 11.3. The molecule has 3 aromatic heterocycles. The summed E-state index contributed by atoms with van der Waals surface area (Å²) < 4.78 is 84.5. The maximum absolute atomic E-state index is 16.2. The highest BCUT2D eigenvalue weighted by Gasteiger charge is 2.54. The first-order chi connectivity index (χ1) is 19.9. The topological polar surface area (TPSA) is 42.4 Å². The van der Waals surface area contributed by atoms with Crippen LogP contribution in [0.25, 0.3) is 22.5 Å². The number of halogens is 5. The number of hydrogen-bond acceptors (Lipinski definition) is 2. The minimum absolute atomic E-state index is 0.0407. The third-order valence-electron chi connectivity index (χ3n) is 8.74. The molecule has 0 saturated heterocycles. The molecule has 5 nitrogen and oxygen atoms in total. The average Bonchev–Trinajstić information content (AvgIpc) is 3.40. The Morgan fingerprint density at radius 1 is 1.05 bits per heavy atom. The number of aryl methyl sites for hydroxylation is 3. The number of aromatic nitrogens is 3. The molecule has 1 aromatic carbocycles. The summed E-state index contributed by atoms with van der Waals surface area (Å²) in [6.07, 6.45) is 4.48. The summed E-state index contributed by atoms with van der Waals surface area (Å²) >= 11 is 0. The van der Waals surface area contributed by atoms with Crippen molar-refractivity contribution in [2.45, 2.75) is 90.8 Å². The summed E-state index contributed by atoms with van der Waals surface area (Å²) in [6, 6.07) is 4.42. The molecule has 0 fully saturated rings. The SMILES string of the molecule is CCCCCCc1cc[n+]2c(c1)-c1c(cc(F)c(C(F)(F)F)c1F)C(=c1oc(=O)c3n1cc(C)[n+]3C)C2(CC)CCC. The van der Waals surface area contributed by atoms with Gasteiger partial charge in [0.1, 0.15) is 28.8 Å². The molecular weight excluding hydrogens is 553 g/mol. The fraction of sp³-hybridized carbons (Fsp3) is 0.469. The number of pyridine rings is 1. The molecule has 5 rings (SSSR count). The van der Waals surface area contributed by atoms with E-state index in [1.807, 2.05) is 19.9 Å². The van der Waals surface area contributed by atoms with Crippen molar-refractivity contribution in [2.75, 3.05) is 0 Å². The van der Waals surface area contributed by atoms with Crippen molar-refractivity contribution in [1.82, 2.24) is 4.40 Å². The highest BCUT2D eigenvalue weighted by molar-refractivity contribution is 5.84. The Balaban J connectivity index is 1.96. The number of unbranched alkanes of at least 4 members (excludes halogenated alkanes) is 3. The lowest BCUT2D eigenvalue weighted by atomic mass is 9.73. The van der Waals surface area contributed by atoms with E-state index >= 15 is 8.78 Å². The van der Waals surface area contributed by atoms with Crippen LogP contribution in [0.15, 0.2) is 39.8 Å². The summed E-state index contributed by atoms with van der Waals surface area (Å²) in [5.74, 6) is -3.38. The van der Waals surface area contributed by atoms with Crippen molar-refractivity contribution in [3.8, 4) is 11.3 Å². The van der Waals surface area contributed by atoms with Gasteiger partial charge >= 0.3 is 23.0 Å². The van der Waals surface area contributed by atoms with Crippen LogP contribution >= 0.6 is 0 Å². The molecule has 1 unspecified atom stereocenters. The largest absolute Gasteiger partial charge is 0.430 e. The molecule has 1 aliphatic rings. The van der Waals surface area contributed by atoms with E-state index in [1.54, 1.807) is 41.6 Å². The molecule has 1 aliphatic heterocycles. The van der Waals surface area contributed by atoms with Gasteiger partial charge < -0.3 is 4.42 Å². The molecule has 0 amide bonds. The van der Waals surface area contributed by atoms with Crippen molar-refractivity contribution < 1.29 is 35.5 Å². The number of imidazole rings is 1. The lowest BCUT2D eigenvalue weighted by Crippen LogP contribution is -2.61. The lowest BCUT2D eigenvalue weighted by Gasteiger charge is -2.35. The minimum atomic E-state index is -5.25. The predicted octanol–water partition coefficient (Wildman–Crippen LogP) is 6.24. The predicted molar refractivity (Wildman–Crippen MR) is 148 cm³/mol. The van der Waals surface area contributed by atoms with Gasteiger partial charge in [-0.15, -0.1) is 0 Å². The van der Waals surface area contributed by atoms with Gasteiger partial charge in [-0.2, -0.15) is 22.1 Å². The number of hydrogen-bond donors (Lipinski definition) is 0. The molecule has 0 bridgehead atoms. The molecular formula is C32H36F5N3O2+2. The van der Waals surface area contributed by atoms with Gasteiger partial charge in [0, 0.05) is 37.5 Å². The average molecular weight is 590 g/mol. The smallest absolute Gasteiger partial charge is 0.379 e. The van der Waals surface area contributed by atoms with Gasteiger partial charge in [0.05, 0.1) is 12.6 Å². The van der Waals surface area contributed by atoms with Crippen molar-refractivity contribution in [1.29, 1.82) is 0 Å². The van der Waals surface area contributed by atoms with Crippen molar-refractivity contribution in [2.24, 2.45) is 7.05 Å². The van der Waals surface area contributed by atoms with E-state index in [1.165, 1.54) is 4.40 Å².